The Kier molecular flexibility index (Phi) is 8.34. The highest BCUT2D eigenvalue weighted by Crippen LogP contribution is 2.39. The number of ether oxygens (including phenoxy) is 4. The SMILES string of the molecule is CCCOC(=O)/C(=C/c1cc(OC)c(OC(C)=O)c(OC)c1)C(=O)CC. The van der Waals surface area contributed by atoms with E-state index in [1.54, 1.807) is 6.92 Å². The van der Waals surface area contributed by atoms with Gasteiger partial charge in [0.1, 0.15) is 5.57 Å². The number of esters is 2. The minimum Gasteiger partial charge on any atom is -0.493 e. The summed E-state index contributed by atoms with van der Waals surface area (Å²) in [5.74, 6) is -0.965. The molecule has 0 bridgehead atoms. The van der Waals surface area contributed by atoms with Crippen LogP contribution in [0.1, 0.15) is 39.2 Å². The molecule has 0 amide bonds. The summed E-state index contributed by atoms with van der Waals surface area (Å²) in [4.78, 5) is 35.6. The Morgan fingerprint density at radius 3 is 2.04 bits per heavy atom. The van der Waals surface area contributed by atoms with E-state index >= 15 is 0 Å². The van der Waals surface area contributed by atoms with Crippen molar-refractivity contribution in [3.8, 4) is 17.2 Å². The second-order valence-corrected chi connectivity index (χ2v) is 5.32. The highest BCUT2D eigenvalue weighted by Gasteiger charge is 2.20. The van der Waals surface area contributed by atoms with Crippen molar-refractivity contribution >= 4 is 23.8 Å². The molecule has 0 fully saturated rings. The lowest BCUT2D eigenvalue weighted by Gasteiger charge is -2.14. The van der Waals surface area contributed by atoms with Gasteiger partial charge in [0, 0.05) is 13.3 Å². The Labute approximate surface area is 152 Å². The van der Waals surface area contributed by atoms with E-state index in [4.69, 9.17) is 18.9 Å². The fourth-order valence-corrected chi connectivity index (χ4v) is 2.11. The molecule has 0 spiro atoms. The smallest absolute Gasteiger partial charge is 0.341 e. The minimum atomic E-state index is -0.680. The van der Waals surface area contributed by atoms with Crippen LogP contribution < -0.4 is 14.2 Å². The van der Waals surface area contributed by atoms with Crippen molar-refractivity contribution in [2.24, 2.45) is 0 Å². The number of hydrogen-bond donors (Lipinski definition) is 0. The molecule has 0 aliphatic carbocycles. The third kappa shape index (κ3) is 5.61. The molecule has 1 aromatic rings. The molecule has 0 unspecified atom stereocenters. The molecule has 142 valence electrons. The summed E-state index contributed by atoms with van der Waals surface area (Å²) in [6.45, 7) is 5.01. The normalized spacial score (nSPS) is 10.9. The van der Waals surface area contributed by atoms with Crippen LogP contribution in [-0.4, -0.2) is 38.5 Å². The fraction of sp³-hybridized carbons (Fsp3) is 0.421. The van der Waals surface area contributed by atoms with E-state index in [2.05, 4.69) is 0 Å². The van der Waals surface area contributed by atoms with Crippen LogP contribution in [0, 0.1) is 0 Å². The highest BCUT2D eigenvalue weighted by atomic mass is 16.6. The number of ketones is 1. The van der Waals surface area contributed by atoms with Gasteiger partial charge in [-0.15, -0.1) is 0 Å². The molecule has 0 atom stereocenters. The average molecular weight is 364 g/mol. The van der Waals surface area contributed by atoms with Crippen molar-refractivity contribution in [1.29, 1.82) is 0 Å². The third-order valence-corrected chi connectivity index (χ3v) is 3.32. The predicted octanol–water partition coefficient (Wildman–Crippen LogP) is 2.94. The Balaban J connectivity index is 3.41. The second-order valence-electron chi connectivity index (χ2n) is 5.32. The van der Waals surface area contributed by atoms with Crippen LogP contribution in [0.3, 0.4) is 0 Å². The first-order chi connectivity index (χ1) is 12.4. The monoisotopic (exact) mass is 364 g/mol. The topological polar surface area (TPSA) is 88.1 Å². The van der Waals surface area contributed by atoms with E-state index in [9.17, 15) is 14.4 Å². The van der Waals surface area contributed by atoms with Gasteiger partial charge >= 0.3 is 11.9 Å². The van der Waals surface area contributed by atoms with Crippen LogP contribution in [0.15, 0.2) is 17.7 Å². The van der Waals surface area contributed by atoms with Crippen LogP contribution >= 0.6 is 0 Å². The highest BCUT2D eigenvalue weighted by molar-refractivity contribution is 6.20. The van der Waals surface area contributed by atoms with Gasteiger partial charge in [-0.2, -0.15) is 0 Å². The average Bonchev–Trinajstić information content (AvgIpc) is 2.63. The Hall–Kier alpha value is -2.83. The van der Waals surface area contributed by atoms with Crippen molar-refractivity contribution in [3.63, 3.8) is 0 Å². The van der Waals surface area contributed by atoms with Crippen LogP contribution in [0.4, 0.5) is 0 Å². The molecule has 7 heteroatoms. The summed E-state index contributed by atoms with van der Waals surface area (Å²) in [5, 5.41) is 0. The van der Waals surface area contributed by atoms with Gasteiger partial charge in [0.25, 0.3) is 0 Å². The standard InChI is InChI=1S/C19H24O7/c1-6-8-25-19(22)14(15(21)7-2)9-13-10-16(23-4)18(26-12(3)20)17(11-13)24-5/h9-11H,6-8H2,1-5H3/b14-9+. The molecule has 0 aliphatic rings. The van der Waals surface area contributed by atoms with Gasteiger partial charge in [-0.1, -0.05) is 13.8 Å². The number of hydrogen-bond acceptors (Lipinski definition) is 7. The van der Waals surface area contributed by atoms with Crippen LogP contribution in [0.2, 0.25) is 0 Å². The zero-order valence-corrected chi connectivity index (χ0v) is 15.7. The summed E-state index contributed by atoms with van der Waals surface area (Å²) in [7, 11) is 2.81. The van der Waals surface area contributed by atoms with Crippen molar-refractivity contribution in [2.75, 3.05) is 20.8 Å². The van der Waals surface area contributed by atoms with Gasteiger partial charge in [0.05, 0.1) is 20.8 Å². The van der Waals surface area contributed by atoms with E-state index in [0.29, 0.717) is 12.0 Å². The molecule has 0 radical (unpaired) electrons. The number of benzene rings is 1. The maximum Gasteiger partial charge on any atom is 0.341 e. The zero-order chi connectivity index (χ0) is 19.7. The summed E-state index contributed by atoms with van der Waals surface area (Å²) < 4.78 is 20.7. The molecular weight excluding hydrogens is 340 g/mol. The fourth-order valence-electron chi connectivity index (χ4n) is 2.11. The summed E-state index contributed by atoms with van der Waals surface area (Å²) in [6.07, 6.45) is 2.22. The lowest BCUT2D eigenvalue weighted by Crippen LogP contribution is -2.15. The van der Waals surface area contributed by atoms with Crippen molar-refractivity contribution in [2.45, 2.75) is 33.6 Å². The van der Waals surface area contributed by atoms with Gasteiger partial charge < -0.3 is 18.9 Å². The molecule has 0 aromatic heterocycles. The number of Topliss-reactive ketones (excluding diaryl/α,β-unsaturated/α-hetero) is 1. The van der Waals surface area contributed by atoms with Crippen LogP contribution in [0.5, 0.6) is 17.2 Å². The quantitative estimate of drug-likeness (QED) is 0.219. The molecule has 0 N–H and O–H groups in total. The molecule has 0 saturated carbocycles. The summed E-state index contributed by atoms with van der Waals surface area (Å²) >= 11 is 0. The van der Waals surface area contributed by atoms with E-state index in [0.717, 1.165) is 0 Å². The molecular formula is C19H24O7. The molecule has 1 aromatic carbocycles. The lowest BCUT2D eigenvalue weighted by atomic mass is 10.0. The first-order valence-corrected chi connectivity index (χ1v) is 8.24. The molecule has 0 saturated heterocycles. The van der Waals surface area contributed by atoms with Crippen LogP contribution in [0.25, 0.3) is 6.08 Å². The number of carbonyl (C=O) groups excluding carboxylic acids is 3. The first kappa shape index (κ1) is 21.2. The molecule has 1 rings (SSSR count). The van der Waals surface area contributed by atoms with Crippen molar-refractivity contribution in [1.82, 2.24) is 0 Å². The second kappa shape index (κ2) is 10.2. The number of carbonyl (C=O) groups is 3. The number of rotatable bonds is 9. The minimum absolute atomic E-state index is 0.0645. The molecule has 0 heterocycles. The Morgan fingerprint density at radius 2 is 1.62 bits per heavy atom. The third-order valence-electron chi connectivity index (χ3n) is 3.32. The lowest BCUT2D eigenvalue weighted by molar-refractivity contribution is -0.140. The molecule has 0 aliphatic heterocycles. The van der Waals surface area contributed by atoms with Gasteiger partial charge in [0.2, 0.25) is 5.75 Å². The summed E-state index contributed by atoms with van der Waals surface area (Å²) in [5.41, 5.74) is 0.408. The van der Waals surface area contributed by atoms with Gasteiger partial charge in [-0.3, -0.25) is 9.59 Å². The van der Waals surface area contributed by atoms with Gasteiger partial charge in [-0.25, -0.2) is 4.79 Å². The van der Waals surface area contributed by atoms with Crippen molar-refractivity contribution < 1.29 is 33.3 Å². The number of methoxy groups -OCH3 is 2. The van der Waals surface area contributed by atoms with E-state index in [1.165, 1.54) is 39.4 Å². The molecule has 7 nitrogen and oxygen atoms in total. The summed E-state index contributed by atoms with van der Waals surface area (Å²) in [6, 6.07) is 3.08. The maximum absolute atomic E-state index is 12.2. The van der Waals surface area contributed by atoms with E-state index in [1.807, 2.05) is 6.92 Å². The van der Waals surface area contributed by atoms with Crippen LogP contribution in [-0.2, 0) is 19.1 Å². The van der Waals surface area contributed by atoms with Crippen molar-refractivity contribution in [3.05, 3.63) is 23.3 Å². The Bertz CT molecular complexity index is 679. The zero-order valence-electron chi connectivity index (χ0n) is 15.7. The van der Waals surface area contributed by atoms with E-state index in [-0.39, 0.29) is 41.6 Å². The largest absolute Gasteiger partial charge is 0.493 e. The Morgan fingerprint density at radius 1 is 1.04 bits per heavy atom. The van der Waals surface area contributed by atoms with E-state index < -0.39 is 11.9 Å². The first-order valence-electron chi connectivity index (χ1n) is 8.24. The van der Waals surface area contributed by atoms with Gasteiger partial charge in [-0.05, 0) is 30.2 Å². The van der Waals surface area contributed by atoms with Gasteiger partial charge in [0.15, 0.2) is 17.3 Å². The maximum atomic E-state index is 12.2. The molecule has 26 heavy (non-hydrogen) atoms. The predicted molar refractivity (Wildman–Crippen MR) is 95.4 cm³/mol.